The summed E-state index contributed by atoms with van der Waals surface area (Å²) in [6, 6.07) is 6.11. The van der Waals surface area contributed by atoms with Gasteiger partial charge in [0.25, 0.3) is 0 Å². The fourth-order valence-corrected chi connectivity index (χ4v) is 4.51. The lowest BCUT2D eigenvalue weighted by Crippen LogP contribution is -2.44. The number of piperazine rings is 1. The monoisotopic (exact) mass is 545 g/mol. The van der Waals surface area contributed by atoms with Crippen LogP contribution < -0.4 is 10.2 Å². The van der Waals surface area contributed by atoms with Gasteiger partial charge in [-0.1, -0.05) is 12.1 Å². The van der Waals surface area contributed by atoms with E-state index in [1.165, 1.54) is 12.1 Å². The highest BCUT2D eigenvalue weighted by molar-refractivity contribution is 7.95. The highest BCUT2D eigenvalue weighted by atomic mass is 32.2. The van der Waals surface area contributed by atoms with E-state index in [-0.39, 0.29) is 28.9 Å². The third kappa shape index (κ3) is 6.24. The summed E-state index contributed by atoms with van der Waals surface area (Å²) in [6.07, 6.45) is -0.371. The number of hydrogen-bond donors (Lipinski definition) is 1. The minimum Gasteiger partial charge on any atom is -0.356 e. The van der Waals surface area contributed by atoms with Crippen molar-refractivity contribution in [3.63, 3.8) is 0 Å². The van der Waals surface area contributed by atoms with E-state index in [0.717, 1.165) is 30.0 Å². The lowest BCUT2D eigenvalue weighted by Gasteiger charge is -2.29. The van der Waals surface area contributed by atoms with E-state index < -0.39 is 29.2 Å². The second-order valence-electron chi connectivity index (χ2n) is 8.83. The zero-order valence-corrected chi connectivity index (χ0v) is 21.2. The van der Waals surface area contributed by atoms with Crippen molar-refractivity contribution in [3.05, 3.63) is 59.4 Å². The van der Waals surface area contributed by atoms with Crippen molar-refractivity contribution < 1.29 is 31.1 Å². The summed E-state index contributed by atoms with van der Waals surface area (Å²) in [7, 11) is 0.138. The summed E-state index contributed by atoms with van der Waals surface area (Å²) in [6.45, 7) is 2.98. The zero-order valence-electron chi connectivity index (χ0n) is 20.3. The van der Waals surface area contributed by atoms with Crippen LogP contribution in [0.5, 0.6) is 0 Å². The van der Waals surface area contributed by atoms with Crippen molar-refractivity contribution in [2.75, 3.05) is 56.0 Å². The molecular weight excluding hydrogens is 518 g/mol. The van der Waals surface area contributed by atoms with Crippen molar-refractivity contribution >= 4 is 16.8 Å². The molecule has 0 saturated carbocycles. The number of ether oxygens (including phenoxy) is 1. The molecule has 3 aromatic rings. The first-order valence-electron chi connectivity index (χ1n) is 11.6. The lowest BCUT2D eigenvalue weighted by atomic mass is 10.0. The third-order valence-corrected chi connectivity index (χ3v) is 6.93. The Balaban J connectivity index is 1.89. The molecule has 0 spiro atoms. The smallest absolute Gasteiger partial charge is 0.356 e. The Morgan fingerprint density at radius 3 is 2.16 bits per heavy atom. The van der Waals surface area contributed by atoms with Crippen LogP contribution in [0.2, 0.25) is 0 Å². The van der Waals surface area contributed by atoms with Gasteiger partial charge in [0.1, 0.15) is 12.5 Å². The van der Waals surface area contributed by atoms with Crippen molar-refractivity contribution in [1.29, 1.82) is 0 Å². The van der Waals surface area contributed by atoms with E-state index in [0.29, 0.717) is 50.0 Å². The standard InChI is InChI=1S/C25H27F6N4OS/c1-37(2)12-11-36-15-35-23(16-3-5-18(6-4-16)25(29,30)31)22(17-13-19(26)21(28)20(27)14-17)33-24(35)34-9-7-32-8-10-34/h3-6,13-14,32H,7-12,15H2,1-2H3/q+1. The Bertz CT molecular complexity index is 1200. The number of hydrogen-bond acceptors (Lipinski definition) is 4. The van der Waals surface area contributed by atoms with Crippen LogP contribution in [0.3, 0.4) is 0 Å². The number of anilines is 1. The Labute approximate surface area is 213 Å². The van der Waals surface area contributed by atoms with Gasteiger partial charge < -0.3 is 15.0 Å². The zero-order chi connectivity index (χ0) is 26.7. The first kappa shape index (κ1) is 27.3. The number of aromatic nitrogens is 2. The quantitative estimate of drug-likeness (QED) is 0.189. The Kier molecular flexibility index (Phi) is 8.39. The average molecular weight is 546 g/mol. The molecule has 4 rings (SSSR count). The number of halogens is 6. The van der Waals surface area contributed by atoms with E-state index in [9.17, 15) is 26.3 Å². The summed E-state index contributed by atoms with van der Waals surface area (Å²) < 4.78 is 89.4. The molecular formula is C25H27F6N4OS+. The lowest BCUT2D eigenvalue weighted by molar-refractivity contribution is -0.137. The van der Waals surface area contributed by atoms with Crippen LogP contribution in [0.1, 0.15) is 5.56 Å². The van der Waals surface area contributed by atoms with Crippen molar-refractivity contribution in [2.45, 2.75) is 12.9 Å². The van der Waals surface area contributed by atoms with Gasteiger partial charge in [-0.25, -0.2) is 18.2 Å². The van der Waals surface area contributed by atoms with Gasteiger partial charge in [-0.15, -0.1) is 0 Å². The van der Waals surface area contributed by atoms with Gasteiger partial charge in [-0.2, -0.15) is 13.2 Å². The van der Waals surface area contributed by atoms with Crippen LogP contribution in [0.25, 0.3) is 22.5 Å². The molecule has 1 N–H and O–H groups in total. The fourth-order valence-electron chi connectivity index (χ4n) is 4.05. The molecule has 12 heteroatoms. The second kappa shape index (κ2) is 11.4. The van der Waals surface area contributed by atoms with Gasteiger partial charge in [-0.05, 0) is 35.2 Å². The largest absolute Gasteiger partial charge is 0.416 e. The van der Waals surface area contributed by atoms with Crippen molar-refractivity contribution in [2.24, 2.45) is 0 Å². The van der Waals surface area contributed by atoms with Gasteiger partial charge in [0.05, 0.1) is 36.1 Å². The van der Waals surface area contributed by atoms with E-state index in [1.54, 1.807) is 4.57 Å². The topological polar surface area (TPSA) is 42.3 Å². The van der Waals surface area contributed by atoms with Crippen molar-refractivity contribution in [1.82, 2.24) is 14.9 Å². The van der Waals surface area contributed by atoms with Gasteiger partial charge in [-0.3, -0.25) is 4.57 Å². The molecule has 0 aliphatic carbocycles. The SMILES string of the molecule is C[S+](C)CCOCn1c(N2CCNCC2)nc(-c2cc(F)c(F)c(F)c2)c1-c1ccc(C(F)(F)F)cc1. The van der Waals surface area contributed by atoms with Crippen LogP contribution in [-0.4, -0.2) is 60.6 Å². The van der Waals surface area contributed by atoms with Crippen molar-refractivity contribution in [3.8, 4) is 22.5 Å². The molecule has 5 nitrogen and oxygen atoms in total. The van der Waals surface area contributed by atoms with Gasteiger partial charge in [0.2, 0.25) is 5.95 Å². The van der Waals surface area contributed by atoms with Crippen LogP contribution in [0.4, 0.5) is 32.3 Å². The molecule has 200 valence electrons. The predicted octanol–water partition coefficient (Wildman–Crippen LogP) is 4.91. The van der Waals surface area contributed by atoms with E-state index in [4.69, 9.17) is 4.74 Å². The maximum Gasteiger partial charge on any atom is 0.416 e. The number of nitrogens with one attached hydrogen (secondary N) is 1. The summed E-state index contributed by atoms with van der Waals surface area (Å²) in [4.78, 5) is 6.65. The fraction of sp³-hybridized carbons (Fsp3) is 0.400. The molecule has 0 amide bonds. The Morgan fingerprint density at radius 2 is 1.59 bits per heavy atom. The first-order chi connectivity index (χ1) is 17.6. The maximum atomic E-state index is 14.2. The molecule has 0 radical (unpaired) electrons. The second-order valence-corrected chi connectivity index (χ2v) is 11.2. The van der Waals surface area contributed by atoms with Gasteiger partial charge >= 0.3 is 6.18 Å². The molecule has 0 atom stereocenters. The maximum absolute atomic E-state index is 14.2. The number of alkyl halides is 3. The summed E-state index contributed by atoms with van der Waals surface area (Å²) in [5, 5.41) is 3.24. The van der Waals surface area contributed by atoms with Crippen LogP contribution >= 0.6 is 0 Å². The number of nitrogens with zero attached hydrogens (tertiary/aromatic N) is 3. The normalized spacial score (nSPS) is 14.6. The van der Waals surface area contributed by atoms with Crippen LogP contribution in [0, 0.1) is 17.5 Å². The number of imidazole rings is 1. The summed E-state index contributed by atoms with van der Waals surface area (Å²) in [5.74, 6) is -3.13. The minimum atomic E-state index is -4.53. The van der Waals surface area contributed by atoms with Crippen LogP contribution in [0.15, 0.2) is 36.4 Å². The first-order valence-corrected chi connectivity index (χ1v) is 13.8. The number of rotatable bonds is 8. The van der Waals surface area contributed by atoms with E-state index in [2.05, 4.69) is 22.8 Å². The number of benzene rings is 2. The molecule has 0 unspecified atom stereocenters. The van der Waals surface area contributed by atoms with E-state index in [1.807, 2.05) is 4.90 Å². The Morgan fingerprint density at radius 1 is 0.973 bits per heavy atom. The molecule has 1 aromatic heterocycles. The highest BCUT2D eigenvalue weighted by Crippen LogP contribution is 2.38. The minimum absolute atomic E-state index is 0.0198. The highest BCUT2D eigenvalue weighted by Gasteiger charge is 2.31. The third-order valence-electron chi connectivity index (χ3n) is 5.95. The predicted molar refractivity (Wildman–Crippen MR) is 133 cm³/mol. The summed E-state index contributed by atoms with van der Waals surface area (Å²) >= 11 is 0. The summed E-state index contributed by atoms with van der Waals surface area (Å²) in [5.41, 5.74) is -0.0965. The average Bonchev–Trinajstić information content (AvgIpc) is 3.24. The molecule has 37 heavy (non-hydrogen) atoms. The van der Waals surface area contributed by atoms with E-state index >= 15 is 0 Å². The molecule has 2 heterocycles. The molecule has 1 fully saturated rings. The van der Waals surface area contributed by atoms with Crippen LogP contribution in [-0.2, 0) is 28.5 Å². The molecule has 1 aliphatic heterocycles. The molecule has 0 bridgehead atoms. The van der Waals surface area contributed by atoms with Gasteiger partial charge in [0, 0.05) is 37.3 Å². The molecule has 1 aliphatic rings. The molecule has 1 saturated heterocycles. The Hall–Kier alpha value is -2.70. The molecule has 2 aromatic carbocycles. The van der Waals surface area contributed by atoms with Gasteiger partial charge in [0.15, 0.2) is 17.5 Å².